The molecule has 110 valence electrons. The minimum atomic E-state index is -0.265. The summed E-state index contributed by atoms with van der Waals surface area (Å²) in [6.07, 6.45) is 4.15. The van der Waals surface area contributed by atoms with Crippen LogP contribution >= 0.6 is 23.0 Å². The van der Waals surface area contributed by atoms with Crippen LogP contribution in [0.3, 0.4) is 0 Å². The SMILES string of the molecule is CCOC(=O)CCCC(=O)/C=C/c1ccc(COI)o1. The van der Waals surface area contributed by atoms with Crippen LogP contribution in [0, 0.1) is 0 Å². The summed E-state index contributed by atoms with van der Waals surface area (Å²) in [4.78, 5) is 22.7. The summed E-state index contributed by atoms with van der Waals surface area (Å²) in [5.74, 6) is 0.997. The Morgan fingerprint density at radius 1 is 1.35 bits per heavy atom. The lowest BCUT2D eigenvalue weighted by molar-refractivity contribution is -0.143. The molecule has 0 radical (unpaired) electrons. The van der Waals surface area contributed by atoms with Gasteiger partial charge in [0.15, 0.2) is 5.78 Å². The third-order valence-electron chi connectivity index (χ3n) is 2.42. The highest BCUT2D eigenvalue weighted by Gasteiger charge is 2.04. The first kappa shape index (κ1) is 16.9. The molecular weight excluding hydrogens is 375 g/mol. The summed E-state index contributed by atoms with van der Waals surface area (Å²) >= 11 is 1.79. The zero-order valence-corrected chi connectivity index (χ0v) is 13.4. The van der Waals surface area contributed by atoms with Crippen LogP contribution in [0.15, 0.2) is 22.6 Å². The Balaban J connectivity index is 2.30. The second-order valence-corrected chi connectivity index (χ2v) is 4.64. The molecule has 0 saturated heterocycles. The van der Waals surface area contributed by atoms with Crippen LogP contribution in [0.25, 0.3) is 6.08 Å². The van der Waals surface area contributed by atoms with Crippen LogP contribution in [-0.2, 0) is 24.0 Å². The maximum absolute atomic E-state index is 11.6. The van der Waals surface area contributed by atoms with Gasteiger partial charge in [-0.25, -0.2) is 0 Å². The Labute approximate surface area is 132 Å². The number of rotatable bonds is 9. The Hall–Kier alpha value is -1.15. The van der Waals surface area contributed by atoms with Gasteiger partial charge in [0.05, 0.1) is 6.61 Å². The third kappa shape index (κ3) is 6.85. The molecule has 1 heterocycles. The van der Waals surface area contributed by atoms with Crippen molar-refractivity contribution in [2.45, 2.75) is 32.8 Å². The number of furan rings is 1. The normalized spacial score (nSPS) is 10.9. The number of halogens is 1. The first-order valence-corrected chi connectivity index (χ1v) is 7.22. The first-order valence-electron chi connectivity index (χ1n) is 6.34. The molecule has 0 aliphatic rings. The summed E-state index contributed by atoms with van der Waals surface area (Å²) in [6, 6.07) is 3.57. The molecule has 20 heavy (non-hydrogen) atoms. The summed E-state index contributed by atoms with van der Waals surface area (Å²) in [5.41, 5.74) is 0. The molecule has 0 aliphatic carbocycles. The number of allylic oxidation sites excluding steroid dienone is 1. The van der Waals surface area contributed by atoms with E-state index in [0.29, 0.717) is 37.6 Å². The van der Waals surface area contributed by atoms with Gasteiger partial charge in [0.2, 0.25) is 0 Å². The quantitative estimate of drug-likeness (QED) is 0.366. The van der Waals surface area contributed by atoms with Crippen LogP contribution in [0.1, 0.15) is 37.7 Å². The summed E-state index contributed by atoms with van der Waals surface area (Å²) < 4.78 is 15.1. The van der Waals surface area contributed by atoms with Gasteiger partial charge in [0.25, 0.3) is 0 Å². The average Bonchev–Trinajstić information content (AvgIpc) is 2.85. The third-order valence-corrected chi connectivity index (χ3v) is 2.73. The number of carbonyl (C=O) groups is 2. The van der Waals surface area contributed by atoms with Crippen molar-refractivity contribution in [3.8, 4) is 0 Å². The van der Waals surface area contributed by atoms with E-state index in [2.05, 4.69) is 0 Å². The number of esters is 1. The van der Waals surface area contributed by atoms with Crippen molar-refractivity contribution in [1.82, 2.24) is 0 Å². The van der Waals surface area contributed by atoms with Crippen molar-refractivity contribution in [2.24, 2.45) is 0 Å². The fourth-order valence-corrected chi connectivity index (χ4v) is 1.82. The number of hydrogen-bond donors (Lipinski definition) is 0. The van der Waals surface area contributed by atoms with Crippen molar-refractivity contribution in [1.29, 1.82) is 0 Å². The van der Waals surface area contributed by atoms with Crippen molar-refractivity contribution in [3.05, 3.63) is 29.7 Å². The van der Waals surface area contributed by atoms with Gasteiger partial charge in [0, 0.05) is 12.8 Å². The predicted octanol–water partition coefficient (Wildman–Crippen LogP) is 3.46. The Bertz CT molecular complexity index is 464. The molecule has 0 amide bonds. The van der Waals surface area contributed by atoms with Crippen molar-refractivity contribution < 1.29 is 21.8 Å². The van der Waals surface area contributed by atoms with E-state index < -0.39 is 0 Å². The van der Waals surface area contributed by atoms with E-state index in [1.165, 1.54) is 6.08 Å². The van der Waals surface area contributed by atoms with Gasteiger partial charge in [0.1, 0.15) is 41.1 Å². The molecule has 1 aromatic rings. The number of carbonyl (C=O) groups excluding carboxylic acids is 2. The minimum absolute atomic E-state index is 0.0441. The average molecular weight is 392 g/mol. The van der Waals surface area contributed by atoms with Crippen molar-refractivity contribution in [2.75, 3.05) is 6.61 Å². The Kier molecular flexibility index (Phi) is 8.20. The van der Waals surface area contributed by atoms with Gasteiger partial charge in [-0.15, -0.1) is 0 Å². The van der Waals surface area contributed by atoms with E-state index in [1.807, 2.05) is 0 Å². The molecule has 0 N–H and O–H groups in total. The highest BCUT2D eigenvalue weighted by Crippen LogP contribution is 2.12. The van der Waals surface area contributed by atoms with Crippen LogP contribution in [0.5, 0.6) is 0 Å². The lowest BCUT2D eigenvalue weighted by Gasteiger charge is -1.99. The largest absolute Gasteiger partial charge is 0.466 e. The van der Waals surface area contributed by atoms with Crippen molar-refractivity contribution >= 4 is 40.8 Å². The molecule has 1 rings (SSSR count). The maximum atomic E-state index is 11.6. The second-order valence-electron chi connectivity index (χ2n) is 4.02. The molecule has 0 unspecified atom stereocenters. The lowest BCUT2D eigenvalue weighted by Crippen LogP contribution is -2.04. The second kappa shape index (κ2) is 9.71. The Morgan fingerprint density at radius 3 is 2.85 bits per heavy atom. The molecule has 1 aromatic heterocycles. The van der Waals surface area contributed by atoms with Crippen LogP contribution in [0.2, 0.25) is 0 Å². The highest BCUT2D eigenvalue weighted by atomic mass is 127. The molecule has 0 aromatic carbocycles. The zero-order chi connectivity index (χ0) is 14.8. The molecule has 0 atom stereocenters. The molecule has 0 saturated carbocycles. The molecule has 5 nitrogen and oxygen atoms in total. The first-order chi connectivity index (χ1) is 9.65. The van der Waals surface area contributed by atoms with Gasteiger partial charge in [-0.2, -0.15) is 0 Å². The van der Waals surface area contributed by atoms with Crippen LogP contribution < -0.4 is 0 Å². The van der Waals surface area contributed by atoms with E-state index in [-0.39, 0.29) is 18.2 Å². The molecule has 6 heteroatoms. The summed E-state index contributed by atoms with van der Waals surface area (Å²) in [6.45, 7) is 2.52. The van der Waals surface area contributed by atoms with E-state index in [4.69, 9.17) is 12.2 Å². The van der Waals surface area contributed by atoms with Gasteiger partial charge in [-0.3, -0.25) is 9.59 Å². The van der Waals surface area contributed by atoms with Gasteiger partial charge in [-0.1, -0.05) is 0 Å². The maximum Gasteiger partial charge on any atom is 0.305 e. The molecular formula is C14H17IO5. The monoisotopic (exact) mass is 392 g/mol. The molecule has 0 spiro atoms. The fourth-order valence-electron chi connectivity index (χ4n) is 1.51. The highest BCUT2D eigenvalue weighted by molar-refractivity contribution is 14.1. The van der Waals surface area contributed by atoms with Crippen LogP contribution in [-0.4, -0.2) is 18.4 Å². The van der Waals surface area contributed by atoms with E-state index in [0.717, 1.165) is 0 Å². The van der Waals surface area contributed by atoms with E-state index in [9.17, 15) is 9.59 Å². The minimum Gasteiger partial charge on any atom is -0.466 e. The molecule has 0 fully saturated rings. The predicted molar refractivity (Wildman–Crippen MR) is 82.0 cm³/mol. The summed E-state index contributed by atoms with van der Waals surface area (Å²) in [5, 5.41) is 0. The number of ether oxygens (including phenoxy) is 1. The lowest BCUT2D eigenvalue weighted by atomic mass is 10.1. The fraction of sp³-hybridized carbons (Fsp3) is 0.429. The standard InChI is InChI=1S/C14H17IO5/c1-2-18-14(17)5-3-4-11(16)6-7-12-8-9-13(20-12)10-19-15/h6-9H,2-5,10H2,1H3/b7-6+. The Morgan fingerprint density at radius 2 is 2.15 bits per heavy atom. The van der Waals surface area contributed by atoms with Gasteiger partial charge < -0.3 is 12.2 Å². The summed E-state index contributed by atoms with van der Waals surface area (Å²) in [7, 11) is 0. The topological polar surface area (TPSA) is 65.7 Å². The van der Waals surface area contributed by atoms with E-state index in [1.54, 1.807) is 48.1 Å². The zero-order valence-electron chi connectivity index (χ0n) is 11.3. The van der Waals surface area contributed by atoms with Gasteiger partial charge >= 0.3 is 5.97 Å². The number of hydrogen-bond acceptors (Lipinski definition) is 5. The molecule has 0 bridgehead atoms. The molecule has 0 aliphatic heterocycles. The van der Waals surface area contributed by atoms with Crippen LogP contribution in [0.4, 0.5) is 0 Å². The van der Waals surface area contributed by atoms with Crippen molar-refractivity contribution in [3.63, 3.8) is 0 Å². The smallest absolute Gasteiger partial charge is 0.305 e. The number of ketones is 1. The van der Waals surface area contributed by atoms with Gasteiger partial charge in [-0.05, 0) is 37.6 Å². The van der Waals surface area contributed by atoms with E-state index >= 15 is 0 Å².